The predicted molar refractivity (Wildman–Crippen MR) is 122 cm³/mol. The van der Waals surface area contributed by atoms with E-state index in [0.29, 0.717) is 12.8 Å². The quantitative estimate of drug-likeness (QED) is 0.667. The molecule has 4 rings (SSSR count). The molecule has 2 aliphatic heterocycles. The van der Waals surface area contributed by atoms with Crippen LogP contribution in [0.5, 0.6) is 0 Å². The lowest BCUT2D eigenvalue weighted by molar-refractivity contribution is -0.158. The number of likely N-dealkylation sites (tertiary alicyclic amines) is 1. The molecule has 2 unspecified atom stereocenters. The fourth-order valence-electron chi connectivity index (χ4n) is 4.97. The number of hydrogen-bond acceptors (Lipinski definition) is 7. The topological polar surface area (TPSA) is 75.6 Å². The summed E-state index contributed by atoms with van der Waals surface area (Å²) >= 11 is 1.70. The van der Waals surface area contributed by atoms with E-state index in [-0.39, 0.29) is 36.5 Å². The van der Waals surface area contributed by atoms with E-state index in [2.05, 4.69) is 42.6 Å². The Kier molecular flexibility index (Phi) is 6.46. The molecule has 4 heterocycles. The molecule has 8 heteroatoms. The van der Waals surface area contributed by atoms with Crippen LogP contribution >= 0.6 is 11.3 Å². The highest BCUT2D eigenvalue weighted by atomic mass is 32.1. The Morgan fingerprint density at radius 2 is 1.77 bits per heavy atom. The molecule has 0 saturated carbocycles. The number of anilines is 1. The van der Waals surface area contributed by atoms with Crippen molar-refractivity contribution in [3.05, 3.63) is 16.8 Å². The maximum Gasteiger partial charge on any atom is 0.309 e. The number of fused-ring (bicyclic) bond motifs is 1. The lowest BCUT2D eigenvalue weighted by Gasteiger charge is -2.39. The van der Waals surface area contributed by atoms with Gasteiger partial charge in [0.25, 0.3) is 5.91 Å². The van der Waals surface area contributed by atoms with Gasteiger partial charge in [0.05, 0.1) is 11.3 Å². The third-order valence-electron chi connectivity index (χ3n) is 6.89. The van der Waals surface area contributed by atoms with Crippen LogP contribution in [0.15, 0.2) is 6.33 Å². The molecule has 2 aromatic rings. The summed E-state index contributed by atoms with van der Waals surface area (Å²) in [5.74, 6) is 0.475. The normalized spacial score (nSPS) is 22.7. The fourth-order valence-corrected chi connectivity index (χ4v) is 5.96. The van der Waals surface area contributed by atoms with Crippen LogP contribution < -0.4 is 4.90 Å². The Labute approximate surface area is 187 Å². The summed E-state index contributed by atoms with van der Waals surface area (Å²) in [5, 5.41) is 1.13. The monoisotopic (exact) mass is 444 g/mol. The van der Waals surface area contributed by atoms with Gasteiger partial charge in [-0.3, -0.25) is 9.59 Å². The van der Waals surface area contributed by atoms with Crippen molar-refractivity contribution in [2.24, 2.45) is 5.92 Å². The van der Waals surface area contributed by atoms with E-state index in [4.69, 9.17) is 4.74 Å². The molecule has 7 nitrogen and oxygen atoms in total. The molecule has 2 saturated heterocycles. The molecule has 2 aromatic heterocycles. The molecule has 2 aliphatic rings. The largest absolute Gasteiger partial charge is 0.455 e. The Morgan fingerprint density at radius 1 is 1.10 bits per heavy atom. The number of amides is 1. The Hall–Kier alpha value is -2.22. The third kappa shape index (κ3) is 4.40. The number of hydrogen-bond donors (Lipinski definition) is 0. The van der Waals surface area contributed by atoms with Gasteiger partial charge in [0, 0.05) is 30.1 Å². The average molecular weight is 445 g/mol. The first-order valence-corrected chi connectivity index (χ1v) is 12.1. The number of aromatic nitrogens is 2. The molecular formula is C23H32N4O3S. The first-order valence-electron chi connectivity index (χ1n) is 11.3. The summed E-state index contributed by atoms with van der Waals surface area (Å²) in [4.78, 5) is 40.6. The molecule has 0 spiro atoms. The van der Waals surface area contributed by atoms with Crippen LogP contribution in [0, 0.1) is 19.8 Å². The standard InChI is InChI=1S/C23H32N4O3S/c1-14-6-5-7-15(2)27(14)19(28)12-30-23(29)18-8-10-26(11-9-18)21-20-16(3)17(4)31-22(20)25-13-24-21/h13-15,18H,5-12H2,1-4H3. The van der Waals surface area contributed by atoms with E-state index in [1.807, 2.05) is 4.90 Å². The maximum absolute atomic E-state index is 12.6. The van der Waals surface area contributed by atoms with Gasteiger partial charge in [-0.15, -0.1) is 11.3 Å². The second-order valence-electron chi connectivity index (χ2n) is 8.96. The number of piperidine rings is 2. The molecule has 31 heavy (non-hydrogen) atoms. The van der Waals surface area contributed by atoms with Gasteiger partial charge in [0.15, 0.2) is 6.61 Å². The second-order valence-corrected chi connectivity index (χ2v) is 10.2. The number of thiophene rings is 1. The van der Waals surface area contributed by atoms with Crippen molar-refractivity contribution >= 4 is 39.2 Å². The highest BCUT2D eigenvalue weighted by Gasteiger charge is 2.32. The smallest absolute Gasteiger partial charge is 0.309 e. The molecule has 0 aromatic carbocycles. The summed E-state index contributed by atoms with van der Waals surface area (Å²) in [6, 6.07) is 0.430. The van der Waals surface area contributed by atoms with E-state index in [1.54, 1.807) is 17.7 Å². The van der Waals surface area contributed by atoms with E-state index in [9.17, 15) is 9.59 Å². The van der Waals surface area contributed by atoms with Gasteiger partial charge in [-0.2, -0.15) is 0 Å². The zero-order chi connectivity index (χ0) is 22.1. The van der Waals surface area contributed by atoms with Gasteiger partial charge >= 0.3 is 5.97 Å². The van der Waals surface area contributed by atoms with Crippen molar-refractivity contribution in [1.29, 1.82) is 0 Å². The highest BCUT2D eigenvalue weighted by Crippen LogP contribution is 2.35. The highest BCUT2D eigenvalue weighted by molar-refractivity contribution is 7.18. The molecule has 2 atom stereocenters. The van der Waals surface area contributed by atoms with E-state index in [0.717, 1.165) is 48.4 Å². The third-order valence-corrected chi connectivity index (χ3v) is 8.01. The van der Waals surface area contributed by atoms with Crippen LogP contribution in [0.4, 0.5) is 5.82 Å². The molecular weight excluding hydrogens is 412 g/mol. The molecule has 0 radical (unpaired) electrons. The van der Waals surface area contributed by atoms with Crippen molar-refractivity contribution in [2.45, 2.75) is 71.9 Å². The molecule has 2 fully saturated rings. The minimum Gasteiger partial charge on any atom is -0.455 e. The number of ether oxygens (including phenoxy) is 1. The summed E-state index contributed by atoms with van der Waals surface area (Å²) in [7, 11) is 0. The second kappa shape index (κ2) is 9.10. The molecule has 0 bridgehead atoms. The van der Waals surface area contributed by atoms with Crippen molar-refractivity contribution in [3.63, 3.8) is 0 Å². The maximum atomic E-state index is 12.6. The van der Waals surface area contributed by atoms with Crippen LogP contribution in [-0.4, -0.2) is 58.5 Å². The lowest BCUT2D eigenvalue weighted by Crippen LogP contribution is -2.49. The van der Waals surface area contributed by atoms with Gasteiger partial charge in [-0.1, -0.05) is 0 Å². The number of carbonyl (C=O) groups excluding carboxylic acids is 2. The Balaban J connectivity index is 1.33. The van der Waals surface area contributed by atoms with Gasteiger partial charge < -0.3 is 14.5 Å². The molecule has 1 amide bonds. The Morgan fingerprint density at radius 3 is 2.45 bits per heavy atom. The van der Waals surface area contributed by atoms with Gasteiger partial charge in [0.2, 0.25) is 0 Å². The van der Waals surface area contributed by atoms with Crippen molar-refractivity contribution in [3.8, 4) is 0 Å². The number of nitrogens with zero attached hydrogens (tertiary/aromatic N) is 4. The average Bonchev–Trinajstić information content (AvgIpc) is 3.06. The summed E-state index contributed by atoms with van der Waals surface area (Å²) < 4.78 is 5.45. The number of esters is 1. The van der Waals surface area contributed by atoms with E-state index >= 15 is 0 Å². The van der Waals surface area contributed by atoms with Crippen LogP contribution in [0.1, 0.15) is 56.4 Å². The van der Waals surface area contributed by atoms with Crippen molar-refractivity contribution in [1.82, 2.24) is 14.9 Å². The van der Waals surface area contributed by atoms with Gasteiger partial charge in [0.1, 0.15) is 17.0 Å². The molecule has 0 aliphatic carbocycles. The van der Waals surface area contributed by atoms with Crippen LogP contribution in [0.3, 0.4) is 0 Å². The fraction of sp³-hybridized carbons (Fsp3) is 0.652. The molecule has 168 valence electrons. The number of aryl methyl sites for hydroxylation is 2. The van der Waals surface area contributed by atoms with E-state index < -0.39 is 0 Å². The SMILES string of the molecule is Cc1sc2ncnc(N3CCC(C(=O)OCC(=O)N4C(C)CCCC4C)CC3)c2c1C. The summed E-state index contributed by atoms with van der Waals surface area (Å²) in [6.45, 7) is 9.72. The minimum atomic E-state index is -0.249. The van der Waals surface area contributed by atoms with Crippen molar-refractivity contribution < 1.29 is 14.3 Å². The number of rotatable bonds is 4. The first kappa shape index (κ1) is 22.0. The summed E-state index contributed by atoms with van der Waals surface area (Å²) in [5.41, 5.74) is 1.23. The van der Waals surface area contributed by atoms with Crippen LogP contribution in [0.2, 0.25) is 0 Å². The minimum absolute atomic E-state index is 0.0721. The van der Waals surface area contributed by atoms with Crippen LogP contribution in [0.25, 0.3) is 10.2 Å². The zero-order valence-corrected chi connectivity index (χ0v) is 19.7. The van der Waals surface area contributed by atoms with Crippen molar-refractivity contribution in [2.75, 3.05) is 24.6 Å². The number of carbonyl (C=O) groups is 2. The lowest BCUT2D eigenvalue weighted by atomic mass is 9.96. The zero-order valence-electron chi connectivity index (χ0n) is 18.9. The summed E-state index contributed by atoms with van der Waals surface area (Å²) in [6.07, 6.45) is 6.22. The van der Waals surface area contributed by atoms with Crippen LogP contribution in [-0.2, 0) is 14.3 Å². The first-order chi connectivity index (χ1) is 14.9. The predicted octanol–water partition coefficient (Wildman–Crippen LogP) is 3.86. The Bertz CT molecular complexity index is 957. The van der Waals surface area contributed by atoms with E-state index in [1.165, 1.54) is 10.4 Å². The van der Waals surface area contributed by atoms with Gasteiger partial charge in [-0.25, -0.2) is 9.97 Å². The van der Waals surface area contributed by atoms with Gasteiger partial charge in [-0.05, 0) is 65.4 Å². The molecule has 0 N–H and O–H groups in total.